The van der Waals surface area contributed by atoms with E-state index in [1.807, 2.05) is 0 Å². The van der Waals surface area contributed by atoms with Gasteiger partial charge in [0.1, 0.15) is 0 Å². The molecule has 2 nitrogen and oxygen atoms in total. The normalized spacial score (nSPS) is 14.1. The van der Waals surface area contributed by atoms with Gasteiger partial charge in [-0.1, -0.05) is 37.6 Å². The van der Waals surface area contributed by atoms with Crippen LogP contribution in [0.3, 0.4) is 0 Å². The van der Waals surface area contributed by atoms with Crippen LogP contribution >= 0.6 is 11.3 Å². The van der Waals surface area contributed by atoms with Gasteiger partial charge in [-0.3, -0.25) is 0 Å². The van der Waals surface area contributed by atoms with Crippen molar-refractivity contribution < 1.29 is 0 Å². The predicted octanol–water partition coefficient (Wildman–Crippen LogP) is 5.12. The third kappa shape index (κ3) is 4.14. The van der Waals surface area contributed by atoms with Gasteiger partial charge in [-0.2, -0.15) is 0 Å². The van der Waals surface area contributed by atoms with E-state index < -0.39 is 0 Å². The van der Waals surface area contributed by atoms with Gasteiger partial charge in [0.2, 0.25) is 0 Å². The second kappa shape index (κ2) is 7.19. The van der Waals surface area contributed by atoms with E-state index in [1.165, 1.54) is 22.4 Å². The number of benzene rings is 1. The molecule has 0 saturated heterocycles. The van der Waals surface area contributed by atoms with Gasteiger partial charge in [0.25, 0.3) is 0 Å². The molecule has 2 rings (SSSR count). The highest BCUT2D eigenvalue weighted by Crippen LogP contribution is 2.27. The molecule has 0 aliphatic heterocycles. The molecule has 0 saturated carbocycles. The van der Waals surface area contributed by atoms with E-state index in [0.29, 0.717) is 12.1 Å². The fourth-order valence-electron chi connectivity index (χ4n) is 2.76. The lowest BCUT2D eigenvalue weighted by molar-refractivity contribution is 0.498. The van der Waals surface area contributed by atoms with Gasteiger partial charge in [0.05, 0.1) is 10.7 Å². The SMILES string of the molecule is CCCc1ccc(C(C)NC(C)c2sc(C)nc2C)cc1. The lowest BCUT2D eigenvalue weighted by atomic mass is 10.0. The van der Waals surface area contributed by atoms with Crippen molar-refractivity contribution in [3.05, 3.63) is 51.0 Å². The molecule has 0 aliphatic carbocycles. The first-order valence-electron chi connectivity index (χ1n) is 7.80. The molecule has 114 valence electrons. The second-order valence-electron chi connectivity index (χ2n) is 5.78. The van der Waals surface area contributed by atoms with Crippen LogP contribution in [-0.4, -0.2) is 4.98 Å². The fourth-order valence-corrected chi connectivity index (χ4v) is 3.70. The summed E-state index contributed by atoms with van der Waals surface area (Å²) in [4.78, 5) is 5.87. The molecule has 1 aromatic heterocycles. The van der Waals surface area contributed by atoms with Crippen molar-refractivity contribution >= 4 is 11.3 Å². The summed E-state index contributed by atoms with van der Waals surface area (Å²) in [6.45, 7) is 10.8. The maximum absolute atomic E-state index is 4.52. The summed E-state index contributed by atoms with van der Waals surface area (Å²) in [5, 5.41) is 4.83. The average Bonchev–Trinajstić information content (AvgIpc) is 2.79. The van der Waals surface area contributed by atoms with Crippen LogP contribution < -0.4 is 5.32 Å². The Morgan fingerprint density at radius 1 is 1.10 bits per heavy atom. The quantitative estimate of drug-likeness (QED) is 0.800. The van der Waals surface area contributed by atoms with Gasteiger partial charge < -0.3 is 5.32 Å². The third-order valence-electron chi connectivity index (χ3n) is 3.85. The summed E-state index contributed by atoms with van der Waals surface area (Å²) in [6.07, 6.45) is 2.37. The summed E-state index contributed by atoms with van der Waals surface area (Å²) >= 11 is 1.80. The van der Waals surface area contributed by atoms with Crippen LogP contribution in [0.4, 0.5) is 0 Å². The molecule has 0 amide bonds. The van der Waals surface area contributed by atoms with E-state index in [0.717, 1.165) is 17.1 Å². The zero-order valence-corrected chi connectivity index (χ0v) is 14.6. The van der Waals surface area contributed by atoms with E-state index in [9.17, 15) is 0 Å². The van der Waals surface area contributed by atoms with Gasteiger partial charge in [-0.15, -0.1) is 11.3 Å². The minimum atomic E-state index is 0.335. The molecular weight excluding hydrogens is 276 g/mol. The highest BCUT2D eigenvalue weighted by atomic mass is 32.1. The Balaban J connectivity index is 2.03. The molecule has 0 bridgehead atoms. The van der Waals surface area contributed by atoms with Crippen LogP contribution in [0.2, 0.25) is 0 Å². The lowest BCUT2D eigenvalue weighted by Gasteiger charge is -2.20. The lowest BCUT2D eigenvalue weighted by Crippen LogP contribution is -2.22. The number of rotatable bonds is 6. The Kier molecular flexibility index (Phi) is 5.54. The van der Waals surface area contributed by atoms with Crippen LogP contribution in [0, 0.1) is 13.8 Å². The van der Waals surface area contributed by atoms with Crippen molar-refractivity contribution in [1.29, 1.82) is 0 Å². The number of hydrogen-bond donors (Lipinski definition) is 1. The number of hydrogen-bond acceptors (Lipinski definition) is 3. The van der Waals surface area contributed by atoms with E-state index in [1.54, 1.807) is 11.3 Å². The van der Waals surface area contributed by atoms with Gasteiger partial charge >= 0.3 is 0 Å². The molecule has 0 aliphatic rings. The van der Waals surface area contributed by atoms with Crippen LogP contribution in [0.15, 0.2) is 24.3 Å². The van der Waals surface area contributed by atoms with E-state index >= 15 is 0 Å². The number of nitrogens with zero attached hydrogens (tertiary/aromatic N) is 1. The highest BCUT2D eigenvalue weighted by molar-refractivity contribution is 7.11. The van der Waals surface area contributed by atoms with Gasteiger partial charge in [0, 0.05) is 17.0 Å². The van der Waals surface area contributed by atoms with Crippen LogP contribution in [-0.2, 0) is 6.42 Å². The average molecular weight is 302 g/mol. The molecule has 1 aromatic carbocycles. The van der Waals surface area contributed by atoms with Crippen molar-refractivity contribution in [2.75, 3.05) is 0 Å². The second-order valence-corrected chi connectivity index (χ2v) is 7.02. The van der Waals surface area contributed by atoms with Crippen molar-refractivity contribution in [1.82, 2.24) is 10.3 Å². The minimum absolute atomic E-state index is 0.335. The first kappa shape index (κ1) is 16.2. The number of aryl methyl sites for hydroxylation is 3. The summed E-state index contributed by atoms with van der Waals surface area (Å²) in [6, 6.07) is 9.69. The molecule has 0 spiro atoms. The molecule has 2 unspecified atom stereocenters. The summed E-state index contributed by atoms with van der Waals surface area (Å²) in [5.41, 5.74) is 3.93. The van der Waals surface area contributed by atoms with E-state index in [2.05, 4.69) is 69.2 Å². The maximum Gasteiger partial charge on any atom is 0.0900 e. The van der Waals surface area contributed by atoms with Crippen molar-refractivity contribution in [3.8, 4) is 0 Å². The smallest absolute Gasteiger partial charge is 0.0900 e. The van der Waals surface area contributed by atoms with Crippen molar-refractivity contribution in [2.45, 2.75) is 59.5 Å². The fraction of sp³-hybridized carbons (Fsp3) is 0.500. The Morgan fingerprint density at radius 3 is 2.29 bits per heavy atom. The number of thiazole rings is 1. The highest BCUT2D eigenvalue weighted by Gasteiger charge is 2.15. The summed E-state index contributed by atoms with van der Waals surface area (Å²) in [5.74, 6) is 0. The van der Waals surface area contributed by atoms with Crippen molar-refractivity contribution in [2.24, 2.45) is 0 Å². The molecule has 2 aromatic rings. The van der Waals surface area contributed by atoms with Crippen LogP contribution in [0.5, 0.6) is 0 Å². The zero-order chi connectivity index (χ0) is 15.4. The molecule has 0 fully saturated rings. The Hall–Kier alpha value is -1.19. The first-order chi connectivity index (χ1) is 10.0. The Bertz CT molecular complexity index is 571. The Morgan fingerprint density at radius 2 is 1.76 bits per heavy atom. The topological polar surface area (TPSA) is 24.9 Å². The zero-order valence-electron chi connectivity index (χ0n) is 13.7. The standard InChI is InChI=1S/C18H26N2S/c1-6-7-16-8-10-17(11-9-16)12(2)19-13(3)18-14(4)20-15(5)21-18/h8-13,19H,6-7H2,1-5H3. The van der Waals surface area contributed by atoms with Crippen LogP contribution in [0.1, 0.15) is 66.0 Å². The van der Waals surface area contributed by atoms with E-state index in [-0.39, 0.29) is 0 Å². The Labute approximate surface area is 132 Å². The van der Waals surface area contributed by atoms with Gasteiger partial charge in [-0.25, -0.2) is 4.98 Å². The van der Waals surface area contributed by atoms with Gasteiger partial charge in [-0.05, 0) is 45.2 Å². The number of nitrogens with one attached hydrogen (secondary N) is 1. The van der Waals surface area contributed by atoms with E-state index in [4.69, 9.17) is 0 Å². The molecule has 1 heterocycles. The molecular formula is C18H26N2S. The molecule has 21 heavy (non-hydrogen) atoms. The van der Waals surface area contributed by atoms with Gasteiger partial charge in [0.15, 0.2) is 0 Å². The molecule has 0 radical (unpaired) electrons. The maximum atomic E-state index is 4.52. The third-order valence-corrected chi connectivity index (χ3v) is 5.11. The molecule has 3 heteroatoms. The summed E-state index contributed by atoms with van der Waals surface area (Å²) in [7, 11) is 0. The minimum Gasteiger partial charge on any atom is -0.303 e. The monoisotopic (exact) mass is 302 g/mol. The number of aromatic nitrogens is 1. The predicted molar refractivity (Wildman–Crippen MR) is 92.0 cm³/mol. The first-order valence-corrected chi connectivity index (χ1v) is 8.61. The molecule has 2 atom stereocenters. The van der Waals surface area contributed by atoms with Crippen LogP contribution in [0.25, 0.3) is 0 Å². The largest absolute Gasteiger partial charge is 0.303 e. The summed E-state index contributed by atoms with van der Waals surface area (Å²) < 4.78 is 0. The van der Waals surface area contributed by atoms with Crippen molar-refractivity contribution in [3.63, 3.8) is 0 Å². The molecule has 1 N–H and O–H groups in total.